The Morgan fingerprint density at radius 3 is 1.41 bits per heavy atom. The molecule has 0 fully saturated rings. The van der Waals surface area contributed by atoms with Crippen LogP contribution in [0.4, 0.5) is 0 Å². The lowest BCUT2D eigenvalue weighted by Gasteiger charge is -2.29. The van der Waals surface area contributed by atoms with E-state index in [2.05, 4.69) is 36.4 Å². The van der Waals surface area contributed by atoms with Gasteiger partial charge in [0.15, 0.2) is 5.78 Å². The molecule has 3 rings (SSSR count). The fourth-order valence-electron chi connectivity index (χ4n) is 3.35. The first-order chi connectivity index (χ1) is 12.9. The lowest BCUT2D eigenvalue weighted by Crippen LogP contribution is -2.30. The van der Waals surface area contributed by atoms with Crippen LogP contribution < -0.4 is 15.9 Å². The van der Waals surface area contributed by atoms with Crippen LogP contribution in [0.25, 0.3) is 0 Å². The van der Waals surface area contributed by atoms with Crippen molar-refractivity contribution >= 4 is 34.4 Å². The van der Waals surface area contributed by atoms with Crippen molar-refractivity contribution in [1.82, 2.24) is 0 Å². The van der Waals surface area contributed by atoms with Crippen LogP contribution in [0.3, 0.4) is 0 Å². The van der Waals surface area contributed by atoms with Gasteiger partial charge in [-0.25, -0.2) is 0 Å². The lowest BCUT2D eigenvalue weighted by atomic mass is 10.0. The third kappa shape index (κ3) is 4.47. The van der Waals surface area contributed by atoms with Crippen molar-refractivity contribution in [3.8, 4) is 0 Å². The molecule has 0 amide bonds. The maximum absolute atomic E-state index is 13.0. The van der Waals surface area contributed by atoms with Crippen LogP contribution in [0.2, 0.25) is 0 Å². The Morgan fingerprint density at radius 1 is 0.778 bits per heavy atom. The van der Waals surface area contributed by atoms with Crippen molar-refractivity contribution < 1.29 is 9.90 Å². The Balaban J connectivity index is 2.35. The number of ketones is 1. The van der Waals surface area contributed by atoms with E-state index in [1.165, 1.54) is 0 Å². The first kappa shape index (κ1) is 19.4. The Kier molecular flexibility index (Phi) is 5.79. The topological polar surface area (TPSA) is 37.3 Å². The fraction of sp³-hybridized carbons (Fsp3) is 0.167. The highest BCUT2D eigenvalue weighted by molar-refractivity contribution is 7.95. The number of Topliss-reactive ketones (excluding diaryl/α,β-unsaturated/α-hetero) is 1. The quantitative estimate of drug-likeness (QED) is 0.669. The number of carbonyl (C=O) groups is 1. The molecule has 3 heteroatoms. The Bertz CT molecular complexity index is 837. The average molecular weight is 376 g/mol. The van der Waals surface area contributed by atoms with Crippen LogP contribution in [0.5, 0.6) is 0 Å². The molecule has 0 radical (unpaired) electrons. The molecule has 0 saturated heterocycles. The molecule has 0 unspecified atom stereocenters. The van der Waals surface area contributed by atoms with E-state index in [-0.39, 0.29) is 12.2 Å². The van der Waals surface area contributed by atoms with Crippen molar-refractivity contribution in [3.05, 3.63) is 91.0 Å². The molecule has 2 nitrogen and oxygen atoms in total. The minimum absolute atomic E-state index is 0.0348. The van der Waals surface area contributed by atoms with Gasteiger partial charge in [0.05, 0.1) is 5.60 Å². The number of carbonyl (C=O) groups excluding carboxylic acids is 1. The molecule has 0 heterocycles. The summed E-state index contributed by atoms with van der Waals surface area (Å²) in [5, 5.41) is 13.6. The van der Waals surface area contributed by atoms with Gasteiger partial charge in [0, 0.05) is 6.42 Å². The van der Waals surface area contributed by atoms with E-state index in [4.69, 9.17) is 0 Å². The molecule has 138 valence electrons. The molecular weight excluding hydrogens is 351 g/mol. The molecule has 0 aliphatic rings. The molecule has 3 aromatic carbocycles. The summed E-state index contributed by atoms with van der Waals surface area (Å²) in [6.07, 6.45) is 0.0985. The minimum Gasteiger partial charge on any atom is -0.390 e. The highest BCUT2D eigenvalue weighted by Crippen LogP contribution is 2.43. The van der Waals surface area contributed by atoms with E-state index in [0.29, 0.717) is 0 Å². The summed E-state index contributed by atoms with van der Waals surface area (Å²) < 4.78 is 0. The maximum Gasteiger partial charge on any atom is 0.159 e. The van der Waals surface area contributed by atoms with Gasteiger partial charge in [-0.2, -0.15) is 0 Å². The molecule has 0 spiro atoms. The first-order valence-corrected chi connectivity index (χ1v) is 10.9. The molecule has 0 aliphatic heterocycles. The van der Waals surface area contributed by atoms with Crippen molar-refractivity contribution in [2.75, 3.05) is 0 Å². The predicted octanol–water partition coefficient (Wildman–Crippen LogP) is 3.51. The van der Waals surface area contributed by atoms with Gasteiger partial charge in [-0.15, -0.1) is 0 Å². The van der Waals surface area contributed by atoms with E-state index >= 15 is 0 Å². The Labute approximate surface area is 161 Å². The van der Waals surface area contributed by atoms with Gasteiger partial charge in [0.1, 0.15) is 0 Å². The van der Waals surface area contributed by atoms with Gasteiger partial charge < -0.3 is 5.11 Å². The van der Waals surface area contributed by atoms with Crippen LogP contribution >= 0.6 is 6.89 Å². The van der Waals surface area contributed by atoms with E-state index in [1.807, 2.05) is 60.4 Å². The van der Waals surface area contributed by atoms with Gasteiger partial charge in [0.2, 0.25) is 0 Å². The largest absolute Gasteiger partial charge is 0.390 e. The van der Waals surface area contributed by atoms with Crippen LogP contribution in [0.15, 0.2) is 91.0 Å². The fourth-order valence-corrected chi connectivity index (χ4v) is 7.14. The van der Waals surface area contributed by atoms with Gasteiger partial charge in [0.25, 0.3) is 0 Å². The normalized spacial score (nSPS) is 11.8. The number of benzene rings is 3. The maximum atomic E-state index is 13.0. The van der Waals surface area contributed by atoms with Crippen LogP contribution in [0.1, 0.15) is 20.3 Å². The molecule has 27 heavy (non-hydrogen) atoms. The van der Waals surface area contributed by atoms with E-state index in [1.54, 1.807) is 13.8 Å². The predicted molar refractivity (Wildman–Crippen MR) is 117 cm³/mol. The minimum atomic E-state index is -2.28. The number of aliphatic hydroxyl groups is 1. The number of rotatable bonds is 6. The molecule has 0 aliphatic carbocycles. The average Bonchev–Trinajstić information content (AvgIpc) is 2.67. The van der Waals surface area contributed by atoms with Crippen molar-refractivity contribution in [2.45, 2.75) is 25.9 Å². The van der Waals surface area contributed by atoms with E-state index < -0.39 is 12.5 Å². The second kappa shape index (κ2) is 8.08. The van der Waals surface area contributed by atoms with Gasteiger partial charge >= 0.3 is 0 Å². The molecule has 3 aromatic rings. The summed E-state index contributed by atoms with van der Waals surface area (Å²) in [5.74, 6) is 1.85. The van der Waals surface area contributed by atoms with E-state index in [0.717, 1.165) is 15.9 Å². The van der Waals surface area contributed by atoms with Crippen LogP contribution in [0, 0.1) is 0 Å². The lowest BCUT2D eigenvalue weighted by molar-refractivity contribution is -0.115. The van der Waals surface area contributed by atoms with Crippen molar-refractivity contribution in [3.63, 3.8) is 0 Å². The summed E-state index contributed by atoms with van der Waals surface area (Å²) >= 11 is 0. The zero-order valence-electron chi connectivity index (χ0n) is 15.7. The first-order valence-electron chi connectivity index (χ1n) is 9.08. The third-order valence-corrected chi connectivity index (χ3v) is 8.45. The molecular formula is C24H25O2P. The zero-order valence-corrected chi connectivity index (χ0v) is 16.6. The number of hydrogen-bond acceptors (Lipinski definition) is 2. The van der Waals surface area contributed by atoms with Gasteiger partial charge in [-0.1, -0.05) is 91.0 Å². The van der Waals surface area contributed by atoms with Crippen molar-refractivity contribution in [2.24, 2.45) is 0 Å². The van der Waals surface area contributed by atoms with Gasteiger partial charge in [-0.05, 0) is 42.4 Å². The summed E-state index contributed by atoms with van der Waals surface area (Å²) in [7, 11) is 0. The third-order valence-electron chi connectivity index (χ3n) is 4.43. The molecule has 0 saturated carbocycles. The summed E-state index contributed by atoms with van der Waals surface area (Å²) in [6.45, 7) is 1.06. The molecule has 0 aromatic heterocycles. The second-order valence-corrected chi connectivity index (χ2v) is 10.6. The summed E-state index contributed by atoms with van der Waals surface area (Å²) in [5.41, 5.74) is -1.03. The highest BCUT2D eigenvalue weighted by Gasteiger charge is 2.27. The molecule has 0 atom stereocenters. The highest BCUT2D eigenvalue weighted by atomic mass is 31.2. The van der Waals surface area contributed by atoms with E-state index in [9.17, 15) is 9.90 Å². The zero-order chi connectivity index (χ0) is 19.3. The standard InChI is InChI=1S/C24H25O2P/c1-24(2,26)18-20(25)19-27(21-12-6-3-7-13-21,22-14-8-4-9-15-22)23-16-10-5-11-17-23/h3-17,19,26H,18H2,1-2H3. The number of hydrogen-bond donors (Lipinski definition) is 1. The van der Waals surface area contributed by atoms with Gasteiger partial charge in [-0.3, -0.25) is 4.79 Å². The smallest absolute Gasteiger partial charge is 0.159 e. The molecule has 0 bridgehead atoms. The monoisotopic (exact) mass is 376 g/mol. The van der Waals surface area contributed by atoms with Crippen LogP contribution in [-0.4, -0.2) is 22.3 Å². The second-order valence-electron chi connectivity index (χ2n) is 7.31. The molecule has 1 N–H and O–H groups in total. The SMILES string of the molecule is CC(C)(O)CC(=O)C=P(c1ccccc1)(c1ccccc1)c1ccccc1. The van der Waals surface area contributed by atoms with Crippen molar-refractivity contribution in [1.29, 1.82) is 0 Å². The Morgan fingerprint density at radius 2 is 1.11 bits per heavy atom. The Hall–Kier alpha value is -2.41. The summed E-state index contributed by atoms with van der Waals surface area (Å²) in [4.78, 5) is 13.0. The van der Waals surface area contributed by atoms with Crippen LogP contribution in [-0.2, 0) is 4.79 Å². The summed E-state index contributed by atoms with van der Waals surface area (Å²) in [6, 6.07) is 30.7.